The Hall–Kier alpha value is -0.360. The second-order valence-electron chi connectivity index (χ2n) is 4.43. The predicted molar refractivity (Wildman–Crippen MR) is 84.9 cm³/mol. The van der Waals surface area contributed by atoms with Gasteiger partial charge in [0.2, 0.25) is 0 Å². The maximum absolute atomic E-state index is 5.96. The van der Waals surface area contributed by atoms with Crippen molar-refractivity contribution in [3.05, 3.63) is 37.2 Å². The van der Waals surface area contributed by atoms with E-state index >= 15 is 0 Å². The molecule has 0 saturated heterocycles. The highest BCUT2D eigenvalue weighted by molar-refractivity contribution is 9.10. The summed E-state index contributed by atoms with van der Waals surface area (Å²) in [7, 11) is 1.98. The predicted octanol–water partition coefficient (Wildman–Crippen LogP) is 4.31. The van der Waals surface area contributed by atoms with E-state index in [2.05, 4.69) is 46.3 Å². The summed E-state index contributed by atoms with van der Waals surface area (Å²) >= 11 is 11.2. The molecule has 0 bridgehead atoms. The van der Waals surface area contributed by atoms with Crippen molar-refractivity contribution in [3.8, 4) is 0 Å². The van der Waals surface area contributed by atoms with Gasteiger partial charge in [-0.25, -0.2) is 0 Å². The van der Waals surface area contributed by atoms with Crippen molar-refractivity contribution in [2.24, 2.45) is 7.05 Å². The molecular formula is C13H17BrClN3S. The second kappa shape index (κ2) is 6.39. The Bertz CT molecular complexity index is 564. The second-order valence-corrected chi connectivity index (χ2v) is 6.97. The summed E-state index contributed by atoms with van der Waals surface area (Å²) in [6.45, 7) is 5.04. The first-order chi connectivity index (χ1) is 9.02. The van der Waals surface area contributed by atoms with Gasteiger partial charge in [-0.15, -0.1) is 11.3 Å². The quantitative estimate of drug-likeness (QED) is 0.859. The zero-order valence-electron chi connectivity index (χ0n) is 11.2. The highest BCUT2D eigenvalue weighted by Gasteiger charge is 2.14. The van der Waals surface area contributed by atoms with Crippen LogP contribution in [0.25, 0.3) is 0 Å². The Balaban J connectivity index is 2.04. The van der Waals surface area contributed by atoms with Crippen molar-refractivity contribution in [3.63, 3.8) is 0 Å². The van der Waals surface area contributed by atoms with Crippen molar-refractivity contribution < 1.29 is 0 Å². The Morgan fingerprint density at radius 3 is 2.79 bits per heavy atom. The summed E-state index contributed by atoms with van der Waals surface area (Å²) in [5.74, 6) is 0. The maximum Gasteiger partial charge on any atom is 0.0931 e. The van der Waals surface area contributed by atoms with Gasteiger partial charge in [-0.05, 0) is 41.4 Å². The number of aromatic nitrogens is 2. The van der Waals surface area contributed by atoms with Gasteiger partial charge in [0.15, 0.2) is 0 Å². The number of nitrogens with one attached hydrogen (secondary N) is 1. The normalized spacial score (nSPS) is 12.9. The summed E-state index contributed by atoms with van der Waals surface area (Å²) in [6.07, 6.45) is 0.935. The van der Waals surface area contributed by atoms with Crippen LogP contribution in [-0.2, 0) is 20.0 Å². The van der Waals surface area contributed by atoms with Crippen LogP contribution < -0.4 is 5.32 Å². The van der Waals surface area contributed by atoms with Gasteiger partial charge in [0, 0.05) is 24.5 Å². The monoisotopic (exact) mass is 361 g/mol. The van der Waals surface area contributed by atoms with Crippen molar-refractivity contribution >= 4 is 38.9 Å². The van der Waals surface area contributed by atoms with Crippen LogP contribution >= 0.6 is 38.9 Å². The molecule has 104 valence electrons. The van der Waals surface area contributed by atoms with E-state index in [1.807, 2.05) is 17.8 Å². The molecule has 2 rings (SSSR count). The molecule has 0 spiro atoms. The minimum absolute atomic E-state index is 0.282. The zero-order chi connectivity index (χ0) is 14.0. The van der Waals surface area contributed by atoms with Gasteiger partial charge in [0.25, 0.3) is 0 Å². The molecule has 3 nitrogen and oxygen atoms in total. The van der Waals surface area contributed by atoms with Crippen molar-refractivity contribution in [1.29, 1.82) is 0 Å². The lowest BCUT2D eigenvalue weighted by Gasteiger charge is -2.12. The maximum atomic E-state index is 5.96. The van der Waals surface area contributed by atoms with Crippen LogP contribution in [0.2, 0.25) is 4.34 Å². The van der Waals surface area contributed by atoms with Gasteiger partial charge in [0.1, 0.15) is 0 Å². The van der Waals surface area contributed by atoms with Gasteiger partial charge in [-0.2, -0.15) is 5.10 Å². The summed E-state index contributed by atoms with van der Waals surface area (Å²) in [5, 5.41) is 8.00. The van der Waals surface area contributed by atoms with Crippen molar-refractivity contribution in [2.45, 2.75) is 32.9 Å². The SMILES string of the molecule is CCc1nn(C)c(CNC(C)c2ccc(Cl)s2)c1Br. The fraction of sp³-hybridized carbons (Fsp3) is 0.462. The summed E-state index contributed by atoms with van der Waals surface area (Å²) in [6, 6.07) is 4.29. The molecule has 19 heavy (non-hydrogen) atoms. The van der Waals surface area contributed by atoms with E-state index in [4.69, 9.17) is 11.6 Å². The smallest absolute Gasteiger partial charge is 0.0931 e. The number of hydrogen-bond acceptors (Lipinski definition) is 3. The van der Waals surface area contributed by atoms with Gasteiger partial charge < -0.3 is 5.32 Å². The largest absolute Gasteiger partial charge is 0.304 e. The first kappa shape index (κ1) is 15.0. The summed E-state index contributed by atoms with van der Waals surface area (Å²) in [5.41, 5.74) is 2.28. The molecule has 0 aliphatic rings. The van der Waals surface area contributed by atoms with E-state index in [-0.39, 0.29) is 6.04 Å². The molecule has 2 heterocycles. The molecule has 0 radical (unpaired) electrons. The number of aryl methyl sites for hydroxylation is 2. The Labute approximate surface area is 131 Å². The fourth-order valence-corrected chi connectivity index (χ4v) is 3.77. The molecule has 6 heteroatoms. The highest BCUT2D eigenvalue weighted by atomic mass is 79.9. The van der Waals surface area contributed by atoms with Crippen LogP contribution in [0.1, 0.15) is 36.2 Å². The van der Waals surface area contributed by atoms with Crippen LogP contribution in [0.4, 0.5) is 0 Å². The molecular weight excluding hydrogens is 346 g/mol. The summed E-state index contributed by atoms with van der Waals surface area (Å²) in [4.78, 5) is 1.25. The van der Waals surface area contributed by atoms with E-state index in [0.717, 1.165) is 27.5 Å². The van der Waals surface area contributed by atoms with Gasteiger partial charge in [-0.1, -0.05) is 18.5 Å². The van der Waals surface area contributed by atoms with Gasteiger partial charge >= 0.3 is 0 Å². The average molecular weight is 363 g/mol. The number of rotatable bonds is 5. The summed E-state index contributed by atoms with van der Waals surface area (Å²) < 4.78 is 3.88. The van der Waals surface area contributed by atoms with E-state index in [0.29, 0.717) is 0 Å². The van der Waals surface area contributed by atoms with Crippen LogP contribution in [0.5, 0.6) is 0 Å². The molecule has 0 saturated carbocycles. The average Bonchev–Trinajstić information content (AvgIpc) is 2.92. The first-order valence-electron chi connectivity index (χ1n) is 6.21. The lowest BCUT2D eigenvalue weighted by molar-refractivity contribution is 0.553. The third-order valence-corrected chi connectivity index (χ3v) is 5.43. The molecule has 1 unspecified atom stereocenters. The first-order valence-corrected chi connectivity index (χ1v) is 8.20. The standard InChI is InChI=1S/C13H17BrClN3S/c1-4-9-13(14)10(18(3)17-9)7-16-8(2)11-5-6-12(15)19-11/h5-6,8,16H,4,7H2,1-3H3. The van der Waals surface area contributed by atoms with Crippen molar-refractivity contribution in [1.82, 2.24) is 15.1 Å². The van der Waals surface area contributed by atoms with Crippen LogP contribution in [0, 0.1) is 0 Å². The lowest BCUT2D eigenvalue weighted by Crippen LogP contribution is -2.19. The van der Waals surface area contributed by atoms with Crippen LogP contribution in [0.15, 0.2) is 16.6 Å². The van der Waals surface area contributed by atoms with E-state index < -0.39 is 0 Å². The number of hydrogen-bond donors (Lipinski definition) is 1. The van der Waals surface area contributed by atoms with Crippen LogP contribution in [-0.4, -0.2) is 9.78 Å². The third-order valence-electron chi connectivity index (χ3n) is 3.10. The Morgan fingerprint density at radius 1 is 1.53 bits per heavy atom. The number of nitrogens with zero attached hydrogens (tertiary/aromatic N) is 2. The molecule has 0 aliphatic heterocycles. The number of halogens is 2. The molecule has 0 amide bonds. The third kappa shape index (κ3) is 3.40. The Kier molecular flexibility index (Phi) is 5.06. The number of thiophene rings is 1. The van der Waals surface area contributed by atoms with Crippen molar-refractivity contribution in [2.75, 3.05) is 0 Å². The minimum atomic E-state index is 0.282. The highest BCUT2D eigenvalue weighted by Crippen LogP contribution is 2.27. The van der Waals surface area contributed by atoms with Gasteiger partial charge in [0.05, 0.1) is 20.2 Å². The van der Waals surface area contributed by atoms with E-state index in [1.54, 1.807) is 11.3 Å². The molecule has 0 aliphatic carbocycles. The minimum Gasteiger partial charge on any atom is -0.304 e. The van der Waals surface area contributed by atoms with E-state index in [1.165, 1.54) is 10.6 Å². The molecule has 1 N–H and O–H groups in total. The zero-order valence-corrected chi connectivity index (χ0v) is 14.4. The molecule has 0 fully saturated rings. The molecule has 0 aromatic carbocycles. The molecule has 2 aromatic heterocycles. The van der Waals surface area contributed by atoms with E-state index in [9.17, 15) is 0 Å². The topological polar surface area (TPSA) is 29.9 Å². The van der Waals surface area contributed by atoms with Gasteiger partial charge in [-0.3, -0.25) is 4.68 Å². The fourth-order valence-electron chi connectivity index (χ4n) is 1.92. The molecule has 2 aromatic rings. The Morgan fingerprint density at radius 2 is 2.26 bits per heavy atom. The lowest BCUT2D eigenvalue weighted by atomic mass is 10.2. The molecule has 1 atom stereocenters. The van der Waals surface area contributed by atoms with Crippen LogP contribution in [0.3, 0.4) is 0 Å².